The molecule has 0 bridgehead atoms. The maximum atomic E-state index is 9.10. The summed E-state index contributed by atoms with van der Waals surface area (Å²) >= 11 is 0. The van der Waals surface area contributed by atoms with Crippen molar-refractivity contribution in [2.24, 2.45) is 0 Å². The van der Waals surface area contributed by atoms with E-state index in [0.717, 1.165) is 45.4 Å². The molecule has 1 rings (SSSR count). The van der Waals surface area contributed by atoms with Gasteiger partial charge in [0.05, 0.1) is 11.7 Å². The number of likely N-dealkylation sites (tertiary alicyclic amines) is 1. The predicted molar refractivity (Wildman–Crippen MR) is 68.8 cm³/mol. The fourth-order valence-electron chi connectivity index (χ4n) is 2.36. The van der Waals surface area contributed by atoms with Gasteiger partial charge < -0.3 is 10.1 Å². The monoisotopic (exact) mass is 239 g/mol. The fraction of sp³-hybridized carbons (Fsp3) is 0.923. The van der Waals surface area contributed by atoms with E-state index in [9.17, 15) is 0 Å². The molecule has 0 aromatic carbocycles. The molecule has 1 N–H and O–H groups in total. The molecular formula is C13H25N3O. The topological polar surface area (TPSA) is 48.3 Å². The highest BCUT2D eigenvalue weighted by molar-refractivity contribution is 4.94. The summed E-state index contributed by atoms with van der Waals surface area (Å²) < 4.78 is 5.56. The lowest BCUT2D eigenvalue weighted by atomic mass is 9.94. The number of methoxy groups -OCH3 is 1. The average Bonchev–Trinajstić information content (AvgIpc) is 2.34. The zero-order chi connectivity index (χ0) is 12.7. The van der Waals surface area contributed by atoms with Crippen LogP contribution in [0.5, 0.6) is 0 Å². The molecule has 98 valence electrons. The van der Waals surface area contributed by atoms with E-state index in [1.165, 1.54) is 0 Å². The van der Waals surface area contributed by atoms with E-state index in [-0.39, 0.29) is 11.6 Å². The van der Waals surface area contributed by atoms with Gasteiger partial charge in [0, 0.05) is 20.2 Å². The molecule has 0 amide bonds. The van der Waals surface area contributed by atoms with Crippen molar-refractivity contribution < 1.29 is 4.74 Å². The van der Waals surface area contributed by atoms with Crippen molar-refractivity contribution in [2.45, 2.75) is 44.8 Å². The van der Waals surface area contributed by atoms with Gasteiger partial charge in [0.1, 0.15) is 6.04 Å². The molecule has 0 radical (unpaired) electrons. The summed E-state index contributed by atoms with van der Waals surface area (Å²) in [5.41, 5.74) is -0.0387. The predicted octanol–water partition coefficient (Wildman–Crippen LogP) is 1.38. The maximum absolute atomic E-state index is 9.10. The maximum Gasteiger partial charge on any atom is 0.108 e. The number of nitrogens with zero attached hydrogens (tertiary/aromatic N) is 2. The van der Waals surface area contributed by atoms with Crippen molar-refractivity contribution in [1.29, 1.82) is 5.26 Å². The Bertz CT molecular complexity index is 264. The molecule has 1 fully saturated rings. The second-order valence-electron chi connectivity index (χ2n) is 5.13. The zero-order valence-corrected chi connectivity index (χ0v) is 11.3. The van der Waals surface area contributed by atoms with Crippen LogP contribution in [0.4, 0.5) is 0 Å². The van der Waals surface area contributed by atoms with E-state index in [1.54, 1.807) is 7.11 Å². The Morgan fingerprint density at radius 1 is 1.59 bits per heavy atom. The third kappa shape index (κ3) is 4.63. The number of hydrogen-bond acceptors (Lipinski definition) is 4. The molecule has 0 aromatic rings. The lowest BCUT2D eigenvalue weighted by Gasteiger charge is -2.40. The lowest BCUT2D eigenvalue weighted by molar-refractivity contribution is -0.0513. The van der Waals surface area contributed by atoms with Crippen LogP contribution in [0, 0.1) is 11.3 Å². The Balaban J connectivity index is 2.42. The number of piperidine rings is 1. The third-order valence-corrected chi connectivity index (χ3v) is 3.47. The molecule has 2 atom stereocenters. The Labute approximate surface area is 105 Å². The molecule has 2 unspecified atom stereocenters. The summed E-state index contributed by atoms with van der Waals surface area (Å²) in [7, 11) is 1.78. The summed E-state index contributed by atoms with van der Waals surface area (Å²) in [5.74, 6) is 0. The second-order valence-corrected chi connectivity index (χ2v) is 5.13. The SMILES string of the molecule is CCCNC(C#N)CN1CCCC(C)(OC)C1. The van der Waals surface area contributed by atoms with Crippen molar-refractivity contribution in [3.8, 4) is 6.07 Å². The minimum absolute atomic E-state index is 0.0387. The first-order valence-corrected chi connectivity index (χ1v) is 6.54. The van der Waals surface area contributed by atoms with E-state index in [2.05, 4.69) is 30.1 Å². The quantitative estimate of drug-likeness (QED) is 0.761. The Morgan fingerprint density at radius 2 is 2.35 bits per heavy atom. The first-order chi connectivity index (χ1) is 8.13. The molecule has 1 aliphatic heterocycles. The zero-order valence-electron chi connectivity index (χ0n) is 11.3. The number of nitriles is 1. The first kappa shape index (κ1) is 14.4. The standard InChI is InChI=1S/C13H25N3O/c1-4-7-15-12(9-14)10-16-8-5-6-13(2,11-16)17-3/h12,15H,4-8,10-11H2,1-3H3. The van der Waals surface area contributed by atoms with E-state index in [1.807, 2.05) is 0 Å². The molecule has 1 saturated heterocycles. The van der Waals surface area contributed by atoms with Crippen molar-refractivity contribution in [3.63, 3.8) is 0 Å². The average molecular weight is 239 g/mol. The van der Waals surface area contributed by atoms with E-state index >= 15 is 0 Å². The van der Waals surface area contributed by atoms with Crippen LogP contribution in [0.25, 0.3) is 0 Å². The Morgan fingerprint density at radius 3 is 2.94 bits per heavy atom. The largest absolute Gasteiger partial charge is 0.377 e. The van der Waals surface area contributed by atoms with Gasteiger partial charge in [-0.1, -0.05) is 6.92 Å². The highest BCUT2D eigenvalue weighted by Crippen LogP contribution is 2.23. The van der Waals surface area contributed by atoms with Gasteiger partial charge in [0.25, 0.3) is 0 Å². The molecule has 17 heavy (non-hydrogen) atoms. The minimum Gasteiger partial charge on any atom is -0.377 e. The van der Waals surface area contributed by atoms with E-state index in [4.69, 9.17) is 10.00 Å². The van der Waals surface area contributed by atoms with Crippen LogP contribution in [0.1, 0.15) is 33.1 Å². The lowest BCUT2D eigenvalue weighted by Crippen LogP contribution is -2.51. The summed E-state index contributed by atoms with van der Waals surface area (Å²) in [5, 5.41) is 12.4. The molecule has 4 nitrogen and oxygen atoms in total. The van der Waals surface area contributed by atoms with E-state index < -0.39 is 0 Å². The van der Waals surface area contributed by atoms with Crippen LogP contribution in [0.3, 0.4) is 0 Å². The van der Waals surface area contributed by atoms with Crippen LogP contribution in [0.15, 0.2) is 0 Å². The van der Waals surface area contributed by atoms with Crippen LogP contribution < -0.4 is 5.32 Å². The van der Waals surface area contributed by atoms with Crippen molar-refractivity contribution in [3.05, 3.63) is 0 Å². The first-order valence-electron chi connectivity index (χ1n) is 6.54. The summed E-state index contributed by atoms with van der Waals surface area (Å²) in [6.07, 6.45) is 3.32. The molecule has 0 saturated carbocycles. The molecule has 0 aromatic heterocycles. The van der Waals surface area contributed by atoms with Gasteiger partial charge >= 0.3 is 0 Å². The summed E-state index contributed by atoms with van der Waals surface area (Å²) in [4.78, 5) is 2.34. The number of rotatable bonds is 6. The molecule has 0 spiro atoms. The Kier molecular flexibility index (Phi) is 5.90. The second kappa shape index (κ2) is 6.95. The summed E-state index contributed by atoms with van der Waals surface area (Å²) in [6.45, 7) is 7.98. The van der Waals surface area contributed by atoms with Gasteiger partial charge in [-0.2, -0.15) is 5.26 Å². The van der Waals surface area contributed by atoms with Crippen molar-refractivity contribution in [1.82, 2.24) is 10.2 Å². The number of ether oxygens (including phenoxy) is 1. The van der Waals surface area contributed by atoms with Gasteiger partial charge in [-0.15, -0.1) is 0 Å². The summed E-state index contributed by atoms with van der Waals surface area (Å²) in [6, 6.07) is 2.27. The number of nitrogens with one attached hydrogen (secondary N) is 1. The minimum atomic E-state index is -0.0610. The molecular weight excluding hydrogens is 214 g/mol. The van der Waals surface area contributed by atoms with Crippen LogP contribution in [0.2, 0.25) is 0 Å². The Hall–Kier alpha value is -0.630. The third-order valence-electron chi connectivity index (χ3n) is 3.47. The number of hydrogen-bond donors (Lipinski definition) is 1. The van der Waals surface area contributed by atoms with Crippen molar-refractivity contribution >= 4 is 0 Å². The van der Waals surface area contributed by atoms with E-state index in [0.29, 0.717) is 0 Å². The molecule has 1 aliphatic rings. The van der Waals surface area contributed by atoms with Gasteiger partial charge in [-0.05, 0) is 39.3 Å². The smallest absolute Gasteiger partial charge is 0.108 e. The van der Waals surface area contributed by atoms with Crippen LogP contribution in [-0.4, -0.2) is 49.8 Å². The fourth-order valence-corrected chi connectivity index (χ4v) is 2.36. The normalized spacial score (nSPS) is 27.6. The molecule has 1 heterocycles. The van der Waals surface area contributed by atoms with Crippen LogP contribution in [-0.2, 0) is 4.74 Å². The molecule has 4 heteroatoms. The van der Waals surface area contributed by atoms with Gasteiger partial charge in [-0.3, -0.25) is 4.90 Å². The van der Waals surface area contributed by atoms with Gasteiger partial charge in [-0.25, -0.2) is 0 Å². The van der Waals surface area contributed by atoms with Gasteiger partial charge in [0.15, 0.2) is 0 Å². The molecule has 0 aliphatic carbocycles. The van der Waals surface area contributed by atoms with Crippen molar-refractivity contribution in [2.75, 3.05) is 33.3 Å². The highest BCUT2D eigenvalue weighted by atomic mass is 16.5. The highest BCUT2D eigenvalue weighted by Gasteiger charge is 2.31. The van der Waals surface area contributed by atoms with Gasteiger partial charge in [0.2, 0.25) is 0 Å². The van der Waals surface area contributed by atoms with Crippen LogP contribution >= 0.6 is 0 Å².